The first-order valence-corrected chi connectivity index (χ1v) is 8.85. The molecule has 1 fully saturated rings. The molecular weight excluding hydrogens is 312 g/mol. The zero-order valence-corrected chi connectivity index (χ0v) is 14.7. The molecule has 130 valence electrons. The molecule has 1 heterocycles. The van der Waals surface area contributed by atoms with Crippen LogP contribution in [0.3, 0.4) is 0 Å². The number of carbonyl (C=O) groups is 2. The number of nitrogens with one attached hydrogen (secondary N) is 2. The van der Waals surface area contributed by atoms with Crippen molar-refractivity contribution < 1.29 is 9.59 Å². The van der Waals surface area contributed by atoms with Gasteiger partial charge in [-0.25, -0.2) is 0 Å². The molecule has 0 spiro atoms. The van der Waals surface area contributed by atoms with Crippen LogP contribution in [-0.2, 0) is 15.0 Å². The van der Waals surface area contributed by atoms with Crippen molar-refractivity contribution in [2.75, 3.05) is 0 Å². The highest BCUT2D eigenvalue weighted by Gasteiger charge is 2.51. The van der Waals surface area contributed by atoms with E-state index in [1.165, 1.54) is 0 Å². The zero-order chi connectivity index (χ0) is 17.9. The van der Waals surface area contributed by atoms with Gasteiger partial charge in [0, 0.05) is 5.92 Å². The van der Waals surface area contributed by atoms with Crippen LogP contribution in [0, 0.1) is 0 Å². The summed E-state index contributed by atoms with van der Waals surface area (Å²) in [4.78, 5) is 26.1. The summed E-state index contributed by atoms with van der Waals surface area (Å²) >= 11 is 0. The maximum atomic E-state index is 13.0. The van der Waals surface area contributed by atoms with Gasteiger partial charge in [0.1, 0.15) is 6.17 Å². The predicted molar refractivity (Wildman–Crippen MR) is 98.0 cm³/mol. The Morgan fingerprint density at radius 1 is 0.880 bits per heavy atom. The first-order valence-electron chi connectivity index (χ1n) is 8.85. The maximum absolute atomic E-state index is 13.0. The lowest BCUT2D eigenvalue weighted by atomic mass is 9.74. The van der Waals surface area contributed by atoms with E-state index in [0.717, 1.165) is 17.5 Å². The van der Waals surface area contributed by atoms with E-state index >= 15 is 0 Å². The summed E-state index contributed by atoms with van der Waals surface area (Å²) in [6.07, 6.45) is 0.847. The van der Waals surface area contributed by atoms with E-state index < -0.39 is 11.6 Å². The molecule has 0 radical (unpaired) electrons. The summed E-state index contributed by atoms with van der Waals surface area (Å²) in [5.74, 6) is -0.395. The van der Waals surface area contributed by atoms with E-state index in [0.29, 0.717) is 6.42 Å². The van der Waals surface area contributed by atoms with Crippen molar-refractivity contribution in [1.82, 2.24) is 10.6 Å². The van der Waals surface area contributed by atoms with Gasteiger partial charge in [0.2, 0.25) is 11.8 Å². The lowest BCUT2D eigenvalue weighted by Gasteiger charge is -2.41. The second-order valence-corrected chi connectivity index (χ2v) is 6.47. The standard InChI is InChI=1S/C21H24N2O2/c1-3-17(15-11-7-5-8-12-15)18-22-19(24)21(4-2,20(25)23-18)16-13-9-6-10-14-16/h5-14,17-18H,3-4H2,1-2H3,(H,22,24)(H,23,25)/t17-,18?,21?/m0/s1. The van der Waals surface area contributed by atoms with Gasteiger partial charge in [0.15, 0.2) is 5.41 Å². The summed E-state index contributed by atoms with van der Waals surface area (Å²) in [6, 6.07) is 19.3. The van der Waals surface area contributed by atoms with Gasteiger partial charge in [-0.3, -0.25) is 9.59 Å². The molecule has 4 nitrogen and oxygen atoms in total. The second kappa shape index (κ2) is 7.09. The van der Waals surface area contributed by atoms with Gasteiger partial charge in [-0.2, -0.15) is 0 Å². The van der Waals surface area contributed by atoms with Crippen molar-refractivity contribution in [3.05, 3.63) is 71.8 Å². The molecule has 0 unspecified atom stereocenters. The normalized spacial score (nSPS) is 24.3. The summed E-state index contributed by atoms with van der Waals surface area (Å²) in [5.41, 5.74) is 0.685. The largest absolute Gasteiger partial charge is 0.334 e. The highest BCUT2D eigenvalue weighted by atomic mass is 16.2. The monoisotopic (exact) mass is 336 g/mol. The minimum absolute atomic E-state index is 0.0414. The predicted octanol–water partition coefficient (Wildman–Crippen LogP) is 3.10. The molecule has 1 saturated heterocycles. The van der Waals surface area contributed by atoms with Gasteiger partial charge in [0.05, 0.1) is 0 Å². The van der Waals surface area contributed by atoms with Crippen LogP contribution in [0.2, 0.25) is 0 Å². The van der Waals surface area contributed by atoms with Gasteiger partial charge in [-0.15, -0.1) is 0 Å². The molecule has 2 aromatic rings. The van der Waals surface area contributed by atoms with E-state index in [1.54, 1.807) is 0 Å². The molecule has 0 aromatic heterocycles. The topological polar surface area (TPSA) is 58.2 Å². The third kappa shape index (κ3) is 2.93. The fourth-order valence-electron chi connectivity index (χ4n) is 3.74. The number of benzene rings is 2. The first kappa shape index (κ1) is 17.2. The smallest absolute Gasteiger partial charge is 0.241 e. The average Bonchev–Trinajstić information content (AvgIpc) is 2.64. The number of amides is 2. The fourth-order valence-corrected chi connectivity index (χ4v) is 3.74. The quantitative estimate of drug-likeness (QED) is 0.824. The van der Waals surface area contributed by atoms with Crippen molar-refractivity contribution in [2.24, 2.45) is 0 Å². The minimum atomic E-state index is -1.16. The molecule has 3 rings (SSSR count). The van der Waals surface area contributed by atoms with Crippen molar-refractivity contribution in [3.8, 4) is 0 Å². The van der Waals surface area contributed by atoms with E-state index in [1.807, 2.05) is 67.6 Å². The van der Waals surface area contributed by atoms with Crippen molar-refractivity contribution >= 4 is 11.8 Å². The van der Waals surface area contributed by atoms with Gasteiger partial charge >= 0.3 is 0 Å². The van der Waals surface area contributed by atoms with Crippen LogP contribution in [0.5, 0.6) is 0 Å². The molecule has 1 aliphatic rings. The van der Waals surface area contributed by atoms with E-state index in [-0.39, 0.29) is 17.7 Å². The van der Waals surface area contributed by atoms with Crippen LogP contribution in [-0.4, -0.2) is 18.0 Å². The Kier molecular flexibility index (Phi) is 4.88. The first-order chi connectivity index (χ1) is 12.1. The Labute approximate surface area is 148 Å². The van der Waals surface area contributed by atoms with Crippen LogP contribution in [0.25, 0.3) is 0 Å². The SMILES string of the molecule is CC[C@@H](c1ccccc1)C1NC(=O)C(CC)(c2ccccc2)C(=O)N1. The van der Waals surface area contributed by atoms with Crippen LogP contribution in [0.15, 0.2) is 60.7 Å². The molecular formula is C21H24N2O2. The van der Waals surface area contributed by atoms with E-state index in [2.05, 4.69) is 17.6 Å². The molecule has 1 atom stereocenters. The Bertz CT molecular complexity index is 725. The lowest BCUT2D eigenvalue weighted by molar-refractivity contribution is -0.143. The second-order valence-electron chi connectivity index (χ2n) is 6.47. The Hall–Kier alpha value is -2.62. The highest BCUT2D eigenvalue weighted by molar-refractivity contribution is 6.12. The van der Waals surface area contributed by atoms with Crippen molar-refractivity contribution in [1.29, 1.82) is 0 Å². The van der Waals surface area contributed by atoms with Gasteiger partial charge in [-0.1, -0.05) is 74.5 Å². The summed E-state index contributed by atoms with van der Waals surface area (Å²) < 4.78 is 0. The zero-order valence-electron chi connectivity index (χ0n) is 14.7. The maximum Gasteiger partial charge on any atom is 0.241 e. The van der Waals surface area contributed by atoms with Gasteiger partial charge in [0.25, 0.3) is 0 Å². The van der Waals surface area contributed by atoms with Crippen molar-refractivity contribution in [3.63, 3.8) is 0 Å². The molecule has 25 heavy (non-hydrogen) atoms. The highest BCUT2D eigenvalue weighted by Crippen LogP contribution is 2.33. The average molecular weight is 336 g/mol. The fraction of sp³-hybridized carbons (Fsp3) is 0.333. The number of carbonyl (C=O) groups excluding carboxylic acids is 2. The molecule has 2 N–H and O–H groups in total. The van der Waals surface area contributed by atoms with Crippen LogP contribution in [0.4, 0.5) is 0 Å². The van der Waals surface area contributed by atoms with Gasteiger partial charge < -0.3 is 10.6 Å². The Balaban J connectivity index is 1.92. The molecule has 2 aromatic carbocycles. The van der Waals surface area contributed by atoms with Crippen LogP contribution < -0.4 is 10.6 Å². The number of hydrogen-bond acceptors (Lipinski definition) is 2. The van der Waals surface area contributed by atoms with E-state index in [4.69, 9.17) is 0 Å². The molecule has 4 heteroatoms. The van der Waals surface area contributed by atoms with Crippen LogP contribution in [0.1, 0.15) is 43.7 Å². The molecule has 1 aliphatic heterocycles. The van der Waals surface area contributed by atoms with Crippen LogP contribution >= 0.6 is 0 Å². The number of rotatable bonds is 5. The summed E-state index contributed by atoms with van der Waals surface area (Å²) in [5, 5.41) is 6.13. The molecule has 2 amide bonds. The van der Waals surface area contributed by atoms with Crippen molar-refractivity contribution in [2.45, 2.75) is 44.2 Å². The Morgan fingerprint density at radius 2 is 1.40 bits per heavy atom. The van der Waals surface area contributed by atoms with E-state index in [9.17, 15) is 9.59 Å². The minimum Gasteiger partial charge on any atom is -0.334 e. The van der Waals surface area contributed by atoms with Gasteiger partial charge in [-0.05, 0) is 24.0 Å². The molecule has 0 bridgehead atoms. The molecule has 0 saturated carbocycles. The molecule has 0 aliphatic carbocycles. The lowest BCUT2D eigenvalue weighted by Crippen LogP contribution is -2.68. The third-order valence-electron chi connectivity index (χ3n) is 5.22. The Morgan fingerprint density at radius 3 is 1.88 bits per heavy atom. The number of hydrogen-bond donors (Lipinski definition) is 2. The summed E-state index contributed by atoms with van der Waals surface area (Å²) in [6.45, 7) is 3.94. The summed E-state index contributed by atoms with van der Waals surface area (Å²) in [7, 11) is 0. The third-order valence-corrected chi connectivity index (χ3v) is 5.22.